The quantitative estimate of drug-likeness (QED) is 0.0582. The number of carbonyl (C=O) groups is 1. The van der Waals surface area contributed by atoms with Crippen molar-refractivity contribution in [2.75, 3.05) is 47.0 Å². The molecule has 0 heterocycles. The van der Waals surface area contributed by atoms with Crippen LogP contribution >= 0.6 is 7.82 Å². The van der Waals surface area contributed by atoms with E-state index < -0.39 is 7.82 Å². The molecule has 1 aromatic carbocycles. The Morgan fingerprint density at radius 2 is 1.41 bits per heavy atom. The second-order valence-corrected chi connectivity index (χ2v) is 13.5. The van der Waals surface area contributed by atoms with E-state index in [0.29, 0.717) is 25.9 Å². The summed E-state index contributed by atoms with van der Waals surface area (Å²) in [5.41, 5.74) is 1.02. The minimum absolute atomic E-state index is 0.0662. The summed E-state index contributed by atoms with van der Waals surface area (Å²) >= 11 is 0. The number of unbranched alkanes of at least 4 members (excludes halogenated alkanes) is 10. The lowest BCUT2D eigenvalue weighted by molar-refractivity contribution is -0.888. The molecule has 8 heteroatoms. The maximum Gasteiger partial charge on any atom is 0.267 e. The lowest BCUT2D eigenvalue weighted by Crippen LogP contribution is -2.40. The van der Waals surface area contributed by atoms with Crippen molar-refractivity contribution in [1.82, 2.24) is 0 Å². The normalized spacial score (nSPS) is 14.1. The second kappa shape index (κ2) is 22.3. The molecule has 238 valence electrons. The van der Waals surface area contributed by atoms with E-state index in [-0.39, 0.29) is 31.3 Å². The van der Waals surface area contributed by atoms with Gasteiger partial charge in [-0.15, -0.1) is 0 Å². The van der Waals surface area contributed by atoms with Crippen LogP contribution in [-0.2, 0) is 24.8 Å². The van der Waals surface area contributed by atoms with E-state index in [9.17, 15) is 14.3 Å². The van der Waals surface area contributed by atoms with Gasteiger partial charge in [0.1, 0.15) is 11.5 Å². The molecule has 2 unspecified atom stereocenters. The molecule has 0 bridgehead atoms. The number of ketones is 1. The molecule has 0 aliphatic carbocycles. The van der Waals surface area contributed by atoms with Crippen molar-refractivity contribution in [2.45, 2.75) is 117 Å². The van der Waals surface area contributed by atoms with Crippen molar-refractivity contribution in [2.24, 2.45) is 5.92 Å². The molecule has 0 aliphatic heterocycles. The van der Waals surface area contributed by atoms with Crippen LogP contribution in [-0.4, -0.2) is 57.3 Å². The number of hydrogen-bond acceptors (Lipinski definition) is 6. The standard InChI is InChI=1S/C33H60NO6P/c1-6-9-10-11-12-13-14-15-16-18-25-38-33-22-20-30(21-23-33)27-31(28-32(35)7-2)29-40-41(36,37)39-26-19-17-24-34(4,5)8-3/h20-23,31H,6-19,24-29H2,1-5H3. The van der Waals surface area contributed by atoms with Crippen molar-refractivity contribution in [3.05, 3.63) is 29.8 Å². The number of phosphoric ester groups is 1. The Morgan fingerprint density at radius 1 is 0.829 bits per heavy atom. The van der Waals surface area contributed by atoms with Crippen LogP contribution in [0.5, 0.6) is 5.75 Å². The maximum atomic E-state index is 12.3. The molecule has 1 aromatic rings. The zero-order valence-corrected chi connectivity index (χ0v) is 27.8. The summed E-state index contributed by atoms with van der Waals surface area (Å²) in [5, 5.41) is 0. The van der Waals surface area contributed by atoms with E-state index in [0.717, 1.165) is 41.7 Å². The topological polar surface area (TPSA) is 84.9 Å². The zero-order chi connectivity index (χ0) is 30.4. The fourth-order valence-electron chi connectivity index (χ4n) is 4.70. The summed E-state index contributed by atoms with van der Waals surface area (Å²) in [6.45, 7) is 8.97. The van der Waals surface area contributed by atoms with Crippen molar-refractivity contribution in [3.63, 3.8) is 0 Å². The molecule has 0 amide bonds. The summed E-state index contributed by atoms with van der Waals surface area (Å²) in [7, 11) is -0.111. The number of phosphoric acid groups is 1. The van der Waals surface area contributed by atoms with Gasteiger partial charge >= 0.3 is 0 Å². The summed E-state index contributed by atoms with van der Waals surface area (Å²) in [4.78, 5) is 24.5. The van der Waals surface area contributed by atoms with Crippen LogP contribution in [0, 0.1) is 5.92 Å². The van der Waals surface area contributed by atoms with Gasteiger partial charge in [-0.25, -0.2) is 0 Å². The van der Waals surface area contributed by atoms with Crippen LogP contribution in [0.3, 0.4) is 0 Å². The summed E-state index contributed by atoms with van der Waals surface area (Å²) < 4.78 is 29.4. The molecule has 0 N–H and O–H groups in total. The van der Waals surface area contributed by atoms with E-state index >= 15 is 0 Å². The third kappa shape index (κ3) is 20.3. The first kappa shape index (κ1) is 37.8. The highest BCUT2D eigenvalue weighted by Gasteiger charge is 2.19. The van der Waals surface area contributed by atoms with Gasteiger partial charge < -0.3 is 23.2 Å². The summed E-state index contributed by atoms with van der Waals surface area (Å²) in [6.07, 6.45) is 15.8. The zero-order valence-electron chi connectivity index (χ0n) is 26.9. The van der Waals surface area contributed by atoms with E-state index in [1.807, 2.05) is 31.2 Å². The van der Waals surface area contributed by atoms with Crippen LogP contribution in [0.2, 0.25) is 0 Å². The Morgan fingerprint density at radius 3 is 2.00 bits per heavy atom. The molecule has 0 aliphatic rings. The van der Waals surface area contributed by atoms with Crippen molar-refractivity contribution >= 4 is 13.6 Å². The molecular formula is C33H60NO6P. The molecule has 0 aromatic heterocycles. The van der Waals surface area contributed by atoms with Crippen molar-refractivity contribution < 1.29 is 32.5 Å². The molecule has 0 spiro atoms. The number of carbonyl (C=O) groups excluding carboxylic acids is 1. The van der Waals surface area contributed by atoms with E-state index in [2.05, 4.69) is 27.9 Å². The largest absolute Gasteiger partial charge is 0.756 e. The van der Waals surface area contributed by atoms with Gasteiger partial charge in [0, 0.05) is 12.8 Å². The SMILES string of the molecule is CCCCCCCCCCCCOc1ccc(CC(COP(=O)([O-])OCCCC[N+](C)(C)CC)CC(=O)CC)cc1. The van der Waals surface area contributed by atoms with E-state index in [1.165, 1.54) is 57.8 Å². The molecule has 7 nitrogen and oxygen atoms in total. The van der Waals surface area contributed by atoms with E-state index in [4.69, 9.17) is 13.8 Å². The van der Waals surface area contributed by atoms with Gasteiger partial charge in [-0.3, -0.25) is 9.36 Å². The van der Waals surface area contributed by atoms with Crippen LogP contribution in [0.25, 0.3) is 0 Å². The van der Waals surface area contributed by atoms with E-state index in [1.54, 1.807) is 0 Å². The molecular weight excluding hydrogens is 537 g/mol. The maximum absolute atomic E-state index is 12.3. The van der Waals surface area contributed by atoms with Gasteiger partial charge in [-0.1, -0.05) is 83.8 Å². The predicted molar refractivity (Wildman–Crippen MR) is 167 cm³/mol. The molecule has 0 fully saturated rings. The third-order valence-electron chi connectivity index (χ3n) is 7.86. The Hall–Kier alpha value is -1.24. The highest BCUT2D eigenvalue weighted by Crippen LogP contribution is 2.39. The van der Waals surface area contributed by atoms with Gasteiger partial charge in [0.25, 0.3) is 7.82 Å². The van der Waals surface area contributed by atoms with Crippen LogP contribution in [0.15, 0.2) is 24.3 Å². The highest BCUT2D eigenvalue weighted by atomic mass is 31.2. The van der Waals surface area contributed by atoms with Crippen LogP contribution in [0.4, 0.5) is 0 Å². The van der Waals surface area contributed by atoms with Crippen LogP contribution < -0.4 is 9.63 Å². The molecule has 0 saturated carbocycles. The number of quaternary nitrogens is 1. The smallest absolute Gasteiger partial charge is 0.267 e. The molecule has 41 heavy (non-hydrogen) atoms. The van der Waals surface area contributed by atoms with Gasteiger partial charge in [0.2, 0.25) is 0 Å². The fraction of sp³-hybridized carbons (Fsp3) is 0.788. The van der Waals surface area contributed by atoms with Crippen LogP contribution in [0.1, 0.15) is 116 Å². The first-order valence-electron chi connectivity index (χ1n) is 16.3. The Balaban J connectivity index is 2.38. The molecule has 2 atom stereocenters. The van der Waals surface area contributed by atoms with Gasteiger partial charge in [-0.2, -0.15) is 0 Å². The Kier molecular flexibility index (Phi) is 20.6. The number of hydrogen-bond donors (Lipinski definition) is 0. The minimum Gasteiger partial charge on any atom is -0.756 e. The monoisotopic (exact) mass is 597 g/mol. The third-order valence-corrected chi connectivity index (χ3v) is 8.82. The molecule has 0 saturated heterocycles. The number of benzene rings is 1. The Bertz CT molecular complexity index is 845. The lowest BCUT2D eigenvalue weighted by atomic mass is 9.94. The predicted octanol–water partition coefficient (Wildman–Crippen LogP) is 7.89. The first-order valence-corrected chi connectivity index (χ1v) is 17.7. The average molecular weight is 598 g/mol. The summed E-state index contributed by atoms with van der Waals surface area (Å²) in [6, 6.07) is 7.87. The van der Waals surface area contributed by atoms with Crippen molar-refractivity contribution in [3.8, 4) is 5.75 Å². The van der Waals surface area contributed by atoms with Gasteiger partial charge in [0.15, 0.2) is 0 Å². The minimum atomic E-state index is -4.42. The molecule has 1 rings (SSSR count). The second-order valence-electron chi connectivity index (χ2n) is 12.1. The highest BCUT2D eigenvalue weighted by molar-refractivity contribution is 7.45. The van der Waals surface area contributed by atoms with Crippen molar-refractivity contribution in [1.29, 1.82) is 0 Å². The van der Waals surface area contributed by atoms with Gasteiger partial charge in [-0.05, 0) is 56.2 Å². The lowest BCUT2D eigenvalue weighted by Gasteiger charge is -2.28. The molecule has 0 radical (unpaired) electrons. The fourth-order valence-corrected chi connectivity index (χ4v) is 5.52. The number of nitrogens with zero attached hydrogens (tertiary/aromatic N) is 1. The number of ether oxygens (including phenoxy) is 1. The number of rotatable bonds is 27. The Labute approximate surface area is 251 Å². The van der Waals surface area contributed by atoms with Gasteiger partial charge in [0.05, 0.1) is 47.0 Å². The first-order chi connectivity index (χ1) is 19.6. The average Bonchev–Trinajstić information content (AvgIpc) is 2.95. The number of Topliss-reactive ketones (excluding diaryl/α,β-unsaturated/α-hetero) is 1. The summed E-state index contributed by atoms with van der Waals surface area (Å²) in [5.74, 6) is 0.684.